The topological polar surface area (TPSA) is 55.4 Å². The summed E-state index contributed by atoms with van der Waals surface area (Å²) in [6, 6.07) is 49.3. The second kappa shape index (κ2) is 17.5. The summed E-state index contributed by atoms with van der Waals surface area (Å²) < 4.78 is 40.8. The summed E-state index contributed by atoms with van der Waals surface area (Å²) in [5.74, 6) is 1.51. The lowest BCUT2D eigenvalue weighted by Crippen LogP contribution is -2.34. The van der Waals surface area contributed by atoms with Crippen LogP contribution in [0.15, 0.2) is 146 Å². The first-order valence-electron chi connectivity index (χ1n) is 18.7. The number of hydrogen-bond acceptors (Lipinski definition) is 6. The molecule has 0 N–H and O–H groups in total. The summed E-state index contributed by atoms with van der Waals surface area (Å²) >= 11 is -5.64. The Bertz CT molecular complexity index is 1880. The van der Waals surface area contributed by atoms with Gasteiger partial charge in [-0.25, -0.2) is 0 Å². The fraction of sp³-hybridized carbons (Fsp3) is 0.217. The number of aryl methyl sites for hydroxylation is 2. The van der Waals surface area contributed by atoms with Crippen LogP contribution in [-0.4, -0.2) is 30.3 Å². The maximum Gasteiger partial charge on any atom is 1.00 e. The minimum atomic E-state index is -2.82. The molecular weight excluding hydrogens is 702 g/mol. The summed E-state index contributed by atoms with van der Waals surface area (Å²) in [7, 11) is 0. The third kappa shape index (κ3) is 8.69. The molecule has 1 aliphatic rings. The van der Waals surface area contributed by atoms with Crippen LogP contribution in [0.2, 0.25) is 0 Å². The molecule has 0 heterocycles. The van der Waals surface area contributed by atoms with E-state index in [0.717, 1.165) is 67.1 Å². The maximum absolute atomic E-state index is 6.98. The lowest BCUT2D eigenvalue weighted by molar-refractivity contribution is 0.0704. The van der Waals surface area contributed by atoms with Crippen LogP contribution in [0.25, 0.3) is 22.3 Å². The van der Waals surface area contributed by atoms with Crippen molar-refractivity contribution >= 4 is 30.3 Å². The zero-order chi connectivity index (χ0) is 37.6. The summed E-state index contributed by atoms with van der Waals surface area (Å²) in [6.07, 6.45) is -0.913. The molecule has 1 aliphatic carbocycles. The smallest absolute Gasteiger partial charge is 0.598 e. The molecule has 0 spiro atoms. The average molecular weight is 749 g/mol. The Balaban J connectivity index is 1.22. The van der Waals surface area contributed by atoms with Gasteiger partial charge in [0.1, 0.15) is 0 Å². The van der Waals surface area contributed by atoms with Crippen LogP contribution >= 0.6 is 0 Å². The molecule has 4 atom stereocenters. The first-order valence-corrected chi connectivity index (χ1v) is 21.5. The minimum absolute atomic E-state index is 0.228. The van der Waals surface area contributed by atoms with Crippen molar-refractivity contribution in [3.8, 4) is 33.8 Å². The number of fused-ring (bicyclic) bond motifs is 4. The molecule has 0 aliphatic heterocycles. The average Bonchev–Trinajstić information content (AvgIpc) is 3.19. The van der Waals surface area contributed by atoms with Crippen LogP contribution in [0.4, 0.5) is 0 Å². The van der Waals surface area contributed by atoms with Gasteiger partial charge in [-0.1, -0.05) is 146 Å². The quantitative estimate of drug-likeness (QED) is 0.0917. The van der Waals surface area contributed by atoms with Crippen molar-refractivity contribution in [2.24, 2.45) is 0 Å². The Kier molecular flexibility index (Phi) is 12.4. The zero-order valence-electron chi connectivity index (χ0n) is 31.8. The van der Waals surface area contributed by atoms with Gasteiger partial charge in [0, 0.05) is 11.1 Å². The molecule has 4 unspecified atom stereocenters. The first-order chi connectivity index (χ1) is 26.3. The van der Waals surface area contributed by atoms with E-state index in [4.69, 9.17) is 22.7 Å². The van der Waals surface area contributed by atoms with Gasteiger partial charge in [0.05, 0.1) is 35.9 Å². The Morgan fingerprint density at radius 2 is 0.611 bits per heavy atom. The fourth-order valence-corrected chi connectivity index (χ4v) is 10.1. The Labute approximate surface area is 330 Å². The van der Waals surface area contributed by atoms with E-state index in [1.165, 1.54) is 0 Å². The second-order valence-electron chi connectivity index (χ2n) is 13.8. The highest BCUT2D eigenvalue weighted by Gasteiger charge is 2.45. The molecule has 0 saturated carbocycles. The highest BCUT2D eigenvalue weighted by atomic mass is 27.3. The van der Waals surface area contributed by atoms with E-state index >= 15 is 0 Å². The number of hydrogen-bond donors (Lipinski definition) is 0. The Hall–Kier alpha value is -4.18. The van der Waals surface area contributed by atoms with Gasteiger partial charge in [-0.05, 0) is 86.1 Å². The molecule has 0 aromatic heterocycles. The second-order valence-corrected chi connectivity index (χ2v) is 16.6. The minimum Gasteiger partial charge on any atom is -0.598 e. The molecule has 7 rings (SSSR count). The third-order valence-electron chi connectivity index (χ3n) is 10.0. The van der Waals surface area contributed by atoms with Gasteiger partial charge in [-0.2, -0.15) is 0 Å². The van der Waals surface area contributed by atoms with Gasteiger partial charge in [0.15, 0.2) is 0 Å². The van der Waals surface area contributed by atoms with Gasteiger partial charge in [-0.15, -0.1) is 0 Å². The van der Waals surface area contributed by atoms with Crippen molar-refractivity contribution in [2.75, 3.05) is 0 Å². The summed E-state index contributed by atoms with van der Waals surface area (Å²) in [4.78, 5) is 0. The molecule has 6 aromatic carbocycles. The number of rotatable bonds is 16. The maximum atomic E-state index is 6.98. The van der Waals surface area contributed by atoms with Gasteiger partial charge < -0.3 is 22.7 Å². The van der Waals surface area contributed by atoms with E-state index in [9.17, 15) is 0 Å². The van der Waals surface area contributed by atoms with E-state index in [0.29, 0.717) is 0 Å². The molecule has 0 fully saturated rings. The molecule has 54 heavy (non-hydrogen) atoms. The Morgan fingerprint density at radius 3 is 0.870 bits per heavy atom. The van der Waals surface area contributed by atoms with E-state index in [1.54, 1.807) is 0 Å². The molecule has 272 valence electrons. The molecule has 6 aromatic rings. The molecule has 0 bridgehead atoms. The summed E-state index contributed by atoms with van der Waals surface area (Å²) in [5, 5.41) is 0. The predicted octanol–water partition coefficient (Wildman–Crippen LogP) is 11.8. The summed E-state index contributed by atoms with van der Waals surface area (Å²) in [5.41, 5.74) is 10.4. The van der Waals surface area contributed by atoms with Crippen LogP contribution in [0.5, 0.6) is 11.5 Å². The van der Waals surface area contributed by atoms with Gasteiger partial charge in [-0.3, -0.25) is 0 Å². The largest absolute Gasteiger partial charge is 1.00 e. The Morgan fingerprint density at radius 1 is 0.352 bits per heavy atom. The molecule has 6 nitrogen and oxygen atoms in total. The molecule has 0 saturated heterocycles. The summed E-state index contributed by atoms with van der Waals surface area (Å²) in [6.45, 7) is 12.3. The van der Waals surface area contributed by atoms with E-state index in [2.05, 4.69) is 86.6 Å². The van der Waals surface area contributed by atoms with Crippen molar-refractivity contribution in [3.05, 3.63) is 179 Å². The molecule has 0 amide bonds. The van der Waals surface area contributed by atoms with Crippen LogP contribution in [0.3, 0.4) is 0 Å². The predicted molar refractivity (Wildman–Crippen MR) is 217 cm³/mol. The van der Waals surface area contributed by atoms with E-state index in [1.807, 2.05) is 100 Å². The normalized spacial score (nSPS) is 13.7. The van der Waals surface area contributed by atoms with Crippen molar-refractivity contribution in [1.29, 1.82) is 0 Å². The highest BCUT2D eigenvalue weighted by molar-refractivity contribution is 6.38. The third-order valence-corrected chi connectivity index (χ3v) is 13.4. The number of benzene rings is 6. The van der Waals surface area contributed by atoms with Crippen LogP contribution in [-0.2, 0) is 15.2 Å². The zero-order valence-corrected chi connectivity index (χ0v) is 34.1. The van der Waals surface area contributed by atoms with Gasteiger partial charge >= 0.3 is 30.3 Å². The molecule has 8 heteroatoms. The van der Waals surface area contributed by atoms with Crippen molar-refractivity contribution in [3.63, 3.8) is 0 Å². The monoisotopic (exact) mass is 748 g/mol. The SMILES string of the molecule is Cc1ccc2c(c1[O][Al]([O]C(C)c1ccccc1)[O]C(C)c1ccccc1)-c1c-2ccc(C)c1[O][Al]([O]C(C)c1ccccc1)[O]C(C)c1ccccc1. The van der Waals surface area contributed by atoms with E-state index in [-0.39, 0.29) is 24.4 Å². The fourth-order valence-electron chi connectivity index (χ4n) is 6.81. The molecule has 0 radical (unpaired) electrons. The van der Waals surface area contributed by atoms with Crippen LogP contribution in [0.1, 0.15) is 85.5 Å². The van der Waals surface area contributed by atoms with Gasteiger partial charge in [0.2, 0.25) is 0 Å². The van der Waals surface area contributed by atoms with Crippen molar-refractivity contribution < 1.29 is 22.7 Å². The highest BCUT2D eigenvalue weighted by Crippen LogP contribution is 2.58. The first kappa shape index (κ1) is 38.1. The van der Waals surface area contributed by atoms with E-state index < -0.39 is 30.3 Å². The lowest BCUT2D eigenvalue weighted by atomic mass is 9.77. The van der Waals surface area contributed by atoms with Crippen molar-refractivity contribution in [2.45, 2.75) is 66.0 Å². The molecular formula is C46H46Al2O6. The lowest BCUT2D eigenvalue weighted by Gasteiger charge is -2.33. The van der Waals surface area contributed by atoms with Crippen LogP contribution < -0.4 is 7.58 Å². The standard InChI is InChI=1S/C14H12O2.4C8H9O.2Al/c1-7-3-5-9-10-6-4-8(2)14(16)12(10)11(9)13(7)15;4*1-7(9)8-5-3-2-4-6-8;;/h3-6,15-16H,1-2H3;4*2-7H,1H3;;/q;4*-1;2*+3/p-2. The van der Waals surface area contributed by atoms with Gasteiger partial charge in [0.25, 0.3) is 0 Å². The van der Waals surface area contributed by atoms with Crippen molar-refractivity contribution in [1.82, 2.24) is 0 Å². The van der Waals surface area contributed by atoms with Crippen LogP contribution in [0, 0.1) is 13.8 Å².